The van der Waals surface area contributed by atoms with Crippen LogP contribution in [0.15, 0.2) is 24.3 Å². The van der Waals surface area contributed by atoms with E-state index in [9.17, 15) is 0 Å². The third kappa shape index (κ3) is 4.11. The summed E-state index contributed by atoms with van der Waals surface area (Å²) < 4.78 is 11.0. The quantitative estimate of drug-likeness (QED) is 0.834. The van der Waals surface area contributed by atoms with Gasteiger partial charge in [0.1, 0.15) is 17.1 Å². The second-order valence-electron chi connectivity index (χ2n) is 4.72. The van der Waals surface area contributed by atoms with Gasteiger partial charge in [0.2, 0.25) is 0 Å². The van der Waals surface area contributed by atoms with E-state index in [1.165, 1.54) is 0 Å². The Hall–Kier alpha value is -1.22. The molecule has 1 unspecified atom stereocenters. The zero-order valence-electron chi connectivity index (χ0n) is 10.5. The highest BCUT2D eigenvalue weighted by Crippen LogP contribution is 2.25. The van der Waals surface area contributed by atoms with Crippen LogP contribution in [0.3, 0.4) is 0 Å². The van der Waals surface area contributed by atoms with Crippen LogP contribution in [-0.2, 0) is 0 Å². The van der Waals surface area contributed by atoms with Crippen LogP contribution in [0.1, 0.15) is 27.2 Å². The summed E-state index contributed by atoms with van der Waals surface area (Å²) in [4.78, 5) is 0. The Labute approximate surface area is 97.6 Å². The second-order valence-corrected chi connectivity index (χ2v) is 4.72. The molecule has 0 aliphatic carbocycles. The van der Waals surface area contributed by atoms with Crippen molar-refractivity contribution < 1.29 is 9.47 Å². The van der Waals surface area contributed by atoms with Crippen LogP contribution in [0.4, 0.5) is 0 Å². The van der Waals surface area contributed by atoms with E-state index in [0.717, 1.165) is 17.9 Å². The zero-order chi connectivity index (χ0) is 12.2. The van der Waals surface area contributed by atoms with E-state index in [4.69, 9.17) is 15.2 Å². The van der Waals surface area contributed by atoms with Gasteiger partial charge >= 0.3 is 0 Å². The van der Waals surface area contributed by atoms with E-state index in [2.05, 4.69) is 0 Å². The molecule has 0 bridgehead atoms. The molecule has 1 aromatic carbocycles. The minimum absolute atomic E-state index is 0.126. The molecule has 0 aromatic heterocycles. The van der Waals surface area contributed by atoms with Crippen molar-refractivity contribution in [1.82, 2.24) is 0 Å². The fourth-order valence-corrected chi connectivity index (χ4v) is 1.80. The van der Waals surface area contributed by atoms with Gasteiger partial charge in [0.05, 0.1) is 7.11 Å². The summed E-state index contributed by atoms with van der Waals surface area (Å²) in [6, 6.07) is 7.73. The first-order valence-corrected chi connectivity index (χ1v) is 5.51. The van der Waals surface area contributed by atoms with Gasteiger partial charge in [-0.15, -0.1) is 0 Å². The van der Waals surface area contributed by atoms with E-state index in [1.807, 2.05) is 45.0 Å². The van der Waals surface area contributed by atoms with Crippen LogP contribution in [0.25, 0.3) is 0 Å². The Balaban J connectivity index is 2.71. The first kappa shape index (κ1) is 12.8. The molecule has 3 nitrogen and oxygen atoms in total. The molecule has 0 heterocycles. The molecular weight excluding hydrogens is 202 g/mol. The number of benzene rings is 1. The maximum absolute atomic E-state index is 5.90. The summed E-state index contributed by atoms with van der Waals surface area (Å²) in [7, 11) is 1.65. The highest BCUT2D eigenvalue weighted by molar-refractivity contribution is 5.33. The third-order valence-corrected chi connectivity index (χ3v) is 2.25. The number of rotatable bonds is 5. The van der Waals surface area contributed by atoms with Crippen LogP contribution in [0.5, 0.6) is 11.5 Å². The molecule has 2 N–H and O–H groups in total. The summed E-state index contributed by atoms with van der Waals surface area (Å²) in [6.45, 7) is 6.06. The molecule has 90 valence electrons. The summed E-state index contributed by atoms with van der Waals surface area (Å²) in [5.41, 5.74) is 5.52. The van der Waals surface area contributed by atoms with Gasteiger partial charge in [-0.1, -0.05) is 6.07 Å². The lowest BCUT2D eigenvalue weighted by atomic mass is 10.0. The highest BCUT2D eigenvalue weighted by atomic mass is 16.5. The Kier molecular flexibility index (Phi) is 4.19. The average molecular weight is 223 g/mol. The van der Waals surface area contributed by atoms with Crippen molar-refractivity contribution in [2.75, 3.05) is 7.11 Å². The zero-order valence-corrected chi connectivity index (χ0v) is 10.5. The number of methoxy groups -OCH3 is 1. The molecule has 0 aliphatic heterocycles. The fourth-order valence-electron chi connectivity index (χ4n) is 1.80. The van der Waals surface area contributed by atoms with Gasteiger partial charge in [-0.2, -0.15) is 0 Å². The monoisotopic (exact) mass is 223 g/mol. The van der Waals surface area contributed by atoms with Crippen molar-refractivity contribution >= 4 is 0 Å². The van der Waals surface area contributed by atoms with Gasteiger partial charge < -0.3 is 15.2 Å². The molecule has 0 radical (unpaired) electrons. The summed E-state index contributed by atoms with van der Waals surface area (Å²) in [6.07, 6.45) is 0.810. The number of hydrogen-bond acceptors (Lipinski definition) is 3. The van der Waals surface area contributed by atoms with Crippen LogP contribution in [-0.4, -0.2) is 18.8 Å². The minimum Gasteiger partial charge on any atom is -0.497 e. The van der Waals surface area contributed by atoms with Gasteiger partial charge in [0.25, 0.3) is 0 Å². The Morgan fingerprint density at radius 2 is 1.94 bits per heavy atom. The Morgan fingerprint density at radius 1 is 1.31 bits per heavy atom. The smallest absolute Gasteiger partial charge is 0.123 e. The summed E-state index contributed by atoms with van der Waals surface area (Å²) in [5, 5.41) is 0. The molecule has 1 aromatic rings. The van der Waals surface area contributed by atoms with Crippen LogP contribution in [0, 0.1) is 0 Å². The summed E-state index contributed by atoms with van der Waals surface area (Å²) >= 11 is 0. The Bertz CT molecular complexity index is 334. The Morgan fingerprint density at radius 3 is 2.50 bits per heavy atom. The topological polar surface area (TPSA) is 44.5 Å². The second kappa shape index (κ2) is 5.21. The predicted molar refractivity (Wildman–Crippen MR) is 66.0 cm³/mol. The van der Waals surface area contributed by atoms with Crippen molar-refractivity contribution in [2.24, 2.45) is 5.73 Å². The molecule has 3 heteroatoms. The molecule has 0 aliphatic rings. The van der Waals surface area contributed by atoms with Crippen molar-refractivity contribution in [3.8, 4) is 11.5 Å². The van der Waals surface area contributed by atoms with Crippen molar-refractivity contribution in [3.05, 3.63) is 24.3 Å². The molecule has 0 fully saturated rings. The lowest BCUT2D eigenvalue weighted by Gasteiger charge is -2.28. The molecule has 1 rings (SSSR count). The highest BCUT2D eigenvalue weighted by Gasteiger charge is 2.21. The average Bonchev–Trinajstić information content (AvgIpc) is 2.15. The standard InChI is InChI=1S/C13H21NO2/c1-10(14)9-13(2,3)16-12-7-5-6-11(8-12)15-4/h5-8,10H,9,14H2,1-4H3. The molecule has 1 atom stereocenters. The first-order valence-electron chi connectivity index (χ1n) is 5.51. The predicted octanol–water partition coefficient (Wildman–Crippen LogP) is 2.59. The molecule has 0 spiro atoms. The molecule has 0 saturated carbocycles. The lowest BCUT2D eigenvalue weighted by molar-refractivity contribution is 0.0930. The SMILES string of the molecule is COc1cccc(OC(C)(C)CC(C)N)c1. The normalized spacial score (nSPS) is 13.3. The van der Waals surface area contributed by atoms with E-state index in [0.29, 0.717) is 0 Å². The van der Waals surface area contributed by atoms with Gasteiger partial charge in [0, 0.05) is 18.5 Å². The van der Waals surface area contributed by atoms with Gasteiger partial charge in [-0.05, 0) is 32.9 Å². The van der Waals surface area contributed by atoms with Gasteiger partial charge in [0.15, 0.2) is 0 Å². The van der Waals surface area contributed by atoms with E-state index in [1.54, 1.807) is 7.11 Å². The molecule has 16 heavy (non-hydrogen) atoms. The van der Waals surface area contributed by atoms with E-state index < -0.39 is 0 Å². The lowest BCUT2D eigenvalue weighted by Crippen LogP contribution is -2.35. The minimum atomic E-state index is -0.263. The fraction of sp³-hybridized carbons (Fsp3) is 0.538. The van der Waals surface area contributed by atoms with Crippen LogP contribution < -0.4 is 15.2 Å². The van der Waals surface area contributed by atoms with E-state index in [-0.39, 0.29) is 11.6 Å². The van der Waals surface area contributed by atoms with Crippen LogP contribution >= 0.6 is 0 Å². The van der Waals surface area contributed by atoms with Crippen molar-refractivity contribution in [3.63, 3.8) is 0 Å². The maximum atomic E-state index is 5.90. The summed E-state index contributed by atoms with van der Waals surface area (Å²) in [5.74, 6) is 1.61. The van der Waals surface area contributed by atoms with Gasteiger partial charge in [-0.25, -0.2) is 0 Å². The maximum Gasteiger partial charge on any atom is 0.123 e. The van der Waals surface area contributed by atoms with Crippen LogP contribution in [0.2, 0.25) is 0 Å². The molecule has 0 saturated heterocycles. The molecular formula is C13H21NO2. The van der Waals surface area contributed by atoms with Crippen molar-refractivity contribution in [1.29, 1.82) is 0 Å². The third-order valence-electron chi connectivity index (χ3n) is 2.25. The number of hydrogen-bond donors (Lipinski definition) is 1. The number of ether oxygens (including phenoxy) is 2. The van der Waals surface area contributed by atoms with Gasteiger partial charge in [-0.3, -0.25) is 0 Å². The number of nitrogens with two attached hydrogens (primary N) is 1. The van der Waals surface area contributed by atoms with Crippen molar-refractivity contribution in [2.45, 2.75) is 38.8 Å². The first-order chi connectivity index (χ1) is 7.43. The molecule has 0 amide bonds. The largest absolute Gasteiger partial charge is 0.497 e. The van der Waals surface area contributed by atoms with E-state index >= 15 is 0 Å².